The number of aryl methyl sites for hydroxylation is 2. The number of alkyl carbamates (subject to hydrolysis) is 1. The van der Waals surface area contributed by atoms with E-state index < -0.39 is 23.7 Å². The van der Waals surface area contributed by atoms with Crippen molar-refractivity contribution in [2.45, 2.75) is 71.4 Å². The Hall–Kier alpha value is -4.07. The normalized spacial score (nSPS) is 14.2. The summed E-state index contributed by atoms with van der Waals surface area (Å²) in [6.45, 7) is 7.03. The third-order valence-electron chi connectivity index (χ3n) is 6.88. The average molecular weight is 517 g/mol. The quantitative estimate of drug-likeness (QED) is 0.206. The molecule has 38 heavy (non-hydrogen) atoms. The Morgan fingerprint density at radius 1 is 1.05 bits per heavy atom. The van der Waals surface area contributed by atoms with E-state index in [9.17, 15) is 14.4 Å². The Labute approximate surface area is 220 Å². The monoisotopic (exact) mass is 516 g/mol. The van der Waals surface area contributed by atoms with Gasteiger partial charge in [-0.05, 0) is 82.7 Å². The maximum Gasteiger partial charge on any atom is 0.408 e. The number of fused-ring (bicyclic) bond motifs is 4. The van der Waals surface area contributed by atoms with Crippen molar-refractivity contribution in [1.29, 1.82) is 0 Å². The predicted octanol–water partition coefficient (Wildman–Crippen LogP) is 5.50. The van der Waals surface area contributed by atoms with Crippen LogP contribution in [-0.2, 0) is 28.8 Å². The van der Waals surface area contributed by atoms with Gasteiger partial charge in [0.1, 0.15) is 23.0 Å². The molecular weight excluding hydrogens is 484 g/mol. The van der Waals surface area contributed by atoms with Gasteiger partial charge in [-0.2, -0.15) is 0 Å². The third-order valence-corrected chi connectivity index (χ3v) is 6.88. The van der Waals surface area contributed by atoms with Crippen molar-refractivity contribution >= 4 is 33.9 Å². The third kappa shape index (κ3) is 5.16. The number of rotatable bonds is 5. The Balaban J connectivity index is 1.45. The van der Waals surface area contributed by atoms with Gasteiger partial charge in [0.2, 0.25) is 0 Å². The Bertz CT molecular complexity index is 1590. The van der Waals surface area contributed by atoms with E-state index in [4.69, 9.17) is 13.9 Å². The van der Waals surface area contributed by atoms with Gasteiger partial charge in [0.15, 0.2) is 0 Å². The number of nitrogens with one attached hydrogen (secondary N) is 2. The lowest BCUT2D eigenvalue weighted by molar-refractivity contribution is -0.136. The highest BCUT2D eigenvalue weighted by Gasteiger charge is 2.28. The number of ether oxygens (including phenoxy) is 2. The highest BCUT2D eigenvalue weighted by atomic mass is 16.6. The Kier molecular flexibility index (Phi) is 6.73. The summed E-state index contributed by atoms with van der Waals surface area (Å²) in [6.07, 6.45) is 4.83. The van der Waals surface area contributed by atoms with Gasteiger partial charge in [0.25, 0.3) is 0 Å². The van der Waals surface area contributed by atoms with Gasteiger partial charge in [-0.1, -0.05) is 18.2 Å². The molecule has 0 fully saturated rings. The second-order valence-corrected chi connectivity index (χ2v) is 10.8. The zero-order chi connectivity index (χ0) is 27.0. The molecule has 0 bridgehead atoms. The van der Waals surface area contributed by atoms with Crippen LogP contribution in [0.15, 0.2) is 51.8 Å². The van der Waals surface area contributed by atoms with E-state index in [-0.39, 0.29) is 17.8 Å². The first-order chi connectivity index (χ1) is 18.1. The first-order valence-corrected chi connectivity index (χ1v) is 12.9. The predicted molar refractivity (Wildman–Crippen MR) is 145 cm³/mol. The molecule has 1 atom stereocenters. The summed E-state index contributed by atoms with van der Waals surface area (Å²) in [5, 5.41) is 4.50. The van der Waals surface area contributed by atoms with E-state index in [0.717, 1.165) is 58.7 Å². The lowest BCUT2D eigenvalue weighted by atomic mass is 9.90. The first-order valence-electron chi connectivity index (χ1n) is 12.9. The largest absolute Gasteiger partial charge is 0.444 e. The zero-order valence-electron chi connectivity index (χ0n) is 22.1. The van der Waals surface area contributed by atoms with Crippen molar-refractivity contribution in [3.63, 3.8) is 0 Å². The van der Waals surface area contributed by atoms with Gasteiger partial charge in [-0.3, -0.25) is 0 Å². The van der Waals surface area contributed by atoms with Crippen molar-refractivity contribution in [2.75, 3.05) is 0 Å². The number of benzene rings is 2. The van der Waals surface area contributed by atoms with Gasteiger partial charge in [0.05, 0.1) is 0 Å². The van der Waals surface area contributed by atoms with Gasteiger partial charge in [-0.25, -0.2) is 14.4 Å². The maximum atomic E-state index is 13.5. The van der Waals surface area contributed by atoms with Gasteiger partial charge in [0, 0.05) is 40.0 Å². The average Bonchev–Trinajstić information content (AvgIpc) is 3.27. The number of para-hydroxylation sites is 1. The van der Waals surface area contributed by atoms with Crippen LogP contribution in [0.4, 0.5) is 4.79 Å². The minimum Gasteiger partial charge on any atom is -0.444 e. The fraction of sp³-hybridized carbons (Fsp3) is 0.367. The van der Waals surface area contributed by atoms with Crippen molar-refractivity contribution < 1.29 is 23.5 Å². The van der Waals surface area contributed by atoms with Crippen molar-refractivity contribution in [3.05, 3.63) is 75.3 Å². The van der Waals surface area contributed by atoms with Crippen LogP contribution in [0.25, 0.3) is 21.9 Å². The molecule has 0 unspecified atom stereocenters. The Morgan fingerprint density at radius 2 is 1.79 bits per heavy atom. The highest BCUT2D eigenvalue weighted by Crippen LogP contribution is 2.33. The lowest BCUT2D eigenvalue weighted by Crippen LogP contribution is -2.46. The molecule has 5 rings (SSSR count). The van der Waals surface area contributed by atoms with Gasteiger partial charge in [-0.15, -0.1) is 0 Å². The lowest BCUT2D eigenvalue weighted by Gasteiger charge is -2.23. The fourth-order valence-electron chi connectivity index (χ4n) is 5.08. The molecule has 2 N–H and O–H groups in total. The summed E-state index contributed by atoms with van der Waals surface area (Å²) in [5.41, 5.74) is 3.47. The number of hydrogen-bond acceptors (Lipinski definition) is 6. The molecule has 0 spiro atoms. The summed E-state index contributed by atoms with van der Waals surface area (Å²) in [4.78, 5) is 42.0. The van der Waals surface area contributed by atoms with Crippen LogP contribution >= 0.6 is 0 Å². The summed E-state index contributed by atoms with van der Waals surface area (Å²) >= 11 is 0. The number of amides is 1. The SMILES string of the molecule is Cc1c(OC(=O)[C@@H](Cc2c[nH]c3ccccc23)NC(=O)OC(C)(C)C)ccc2c3c(c(=O)oc12)CCCC3. The number of hydrogen-bond donors (Lipinski definition) is 2. The second-order valence-electron chi connectivity index (χ2n) is 10.8. The van der Waals surface area contributed by atoms with Crippen molar-refractivity contribution in [1.82, 2.24) is 10.3 Å². The zero-order valence-corrected chi connectivity index (χ0v) is 22.1. The Morgan fingerprint density at radius 3 is 2.55 bits per heavy atom. The molecule has 8 nitrogen and oxygen atoms in total. The minimum absolute atomic E-state index is 0.192. The summed E-state index contributed by atoms with van der Waals surface area (Å²) in [6, 6.07) is 10.3. The van der Waals surface area contributed by atoms with E-state index in [0.29, 0.717) is 11.1 Å². The van der Waals surface area contributed by atoms with Gasteiger partial charge < -0.3 is 24.2 Å². The molecule has 1 aliphatic rings. The molecule has 4 aromatic rings. The van der Waals surface area contributed by atoms with E-state index >= 15 is 0 Å². The molecule has 0 radical (unpaired) electrons. The molecule has 1 aliphatic carbocycles. The molecule has 2 aromatic heterocycles. The first kappa shape index (κ1) is 25.6. The smallest absolute Gasteiger partial charge is 0.408 e. The summed E-state index contributed by atoms with van der Waals surface area (Å²) in [5.74, 6) is -0.375. The molecule has 0 aliphatic heterocycles. The number of H-pyrrole nitrogens is 1. The summed E-state index contributed by atoms with van der Waals surface area (Å²) in [7, 11) is 0. The van der Waals surface area contributed by atoms with E-state index in [1.54, 1.807) is 33.8 Å². The molecule has 1 amide bonds. The topological polar surface area (TPSA) is 111 Å². The molecule has 0 saturated carbocycles. The van der Waals surface area contributed by atoms with Crippen LogP contribution in [0.1, 0.15) is 55.9 Å². The maximum absolute atomic E-state index is 13.5. The molecule has 2 aromatic carbocycles. The molecule has 0 saturated heterocycles. The van der Waals surface area contributed by atoms with Crippen LogP contribution in [0, 0.1) is 6.92 Å². The van der Waals surface area contributed by atoms with E-state index in [2.05, 4.69) is 10.3 Å². The second kappa shape index (κ2) is 10.0. The van der Waals surface area contributed by atoms with E-state index in [1.165, 1.54) is 0 Å². The number of carbonyl (C=O) groups excluding carboxylic acids is 2. The highest BCUT2D eigenvalue weighted by molar-refractivity contribution is 5.89. The number of carbonyl (C=O) groups is 2. The van der Waals surface area contributed by atoms with E-state index in [1.807, 2.05) is 36.5 Å². The van der Waals surface area contributed by atoms with Crippen molar-refractivity contribution in [3.8, 4) is 5.75 Å². The standard InChI is InChI=1S/C30H32N2O6/c1-17-25(14-13-21-20-10-5-6-11-22(20)27(33)37-26(17)21)36-28(34)24(32-29(35)38-30(2,3)4)15-18-16-31-23-12-8-7-9-19(18)23/h7-9,12-14,16,24,31H,5-6,10-11,15H2,1-4H3,(H,32,35)/t24-/m1/s1. The minimum atomic E-state index is -1.02. The van der Waals surface area contributed by atoms with Crippen LogP contribution < -0.4 is 15.7 Å². The van der Waals surface area contributed by atoms with Gasteiger partial charge >= 0.3 is 17.7 Å². The number of esters is 1. The molecule has 2 heterocycles. The molecular formula is C30H32N2O6. The van der Waals surface area contributed by atoms with Crippen LogP contribution in [-0.4, -0.2) is 28.7 Å². The molecule has 8 heteroatoms. The van der Waals surface area contributed by atoms with Crippen LogP contribution in [0.5, 0.6) is 5.75 Å². The summed E-state index contributed by atoms with van der Waals surface area (Å²) < 4.78 is 16.9. The molecule has 198 valence electrons. The van der Waals surface area contributed by atoms with Crippen LogP contribution in [0.3, 0.4) is 0 Å². The van der Waals surface area contributed by atoms with Crippen molar-refractivity contribution in [2.24, 2.45) is 0 Å². The van der Waals surface area contributed by atoms with Crippen LogP contribution in [0.2, 0.25) is 0 Å². The fourth-order valence-corrected chi connectivity index (χ4v) is 5.08. The number of aromatic amines is 1. The number of aromatic nitrogens is 1.